The highest BCUT2D eigenvalue weighted by molar-refractivity contribution is 5.91. The molecular formula is C23H26N4O. The van der Waals surface area contributed by atoms with E-state index < -0.39 is 0 Å². The lowest BCUT2D eigenvalue weighted by Gasteiger charge is -2.32. The van der Waals surface area contributed by atoms with Gasteiger partial charge in [0.25, 0.3) is 0 Å². The summed E-state index contributed by atoms with van der Waals surface area (Å²) in [5.74, 6) is 0.789. The maximum absolute atomic E-state index is 12.4. The molecule has 5 heteroatoms. The van der Waals surface area contributed by atoms with Gasteiger partial charge in [-0.1, -0.05) is 60.7 Å². The second-order valence-corrected chi connectivity index (χ2v) is 7.36. The van der Waals surface area contributed by atoms with Gasteiger partial charge in [-0.25, -0.2) is 4.68 Å². The number of rotatable bonds is 6. The molecule has 0 atom stereocenters. The van der Waals surface area contributed by atoms with Crippen LogP contribution in [-0.2, 0) is 17.8 Å². The van der Waals surface area contributed by atoms with Gasteiger partial charge < -0.3 is 5.32 Å². The van der Waals surface area contributed by atoms with Crippen LogP contribution in [0.5, 0.6) is 0 Å². The molecular weight excluding hydrogens is 348 g/mol. The molecule has 1 amide bonds. The molecule has 1 aliphatic rings. The van der Waals surface area contributed by atoms with Crippen LogP contribution in [0.2, 0.25) is 0 Å². The van der Waals surface area contributed by atoms with Crippen molar-refractivity contribution in [2.75, 3.05) is 18.4 Å². The van der Waals surface area contributed by atoms with Gasteiger partial charge in [0, 0.05) is 25.7 Å². The van der Waals surface area contributed by atoms with E-state index in [0.717, 1.165) is 43.9 Å². The minimum atomic E-state index is -0.00513. The first-order valence-electron chi connectivity index (χ1n) is 9.91. The Labute approximate surface area is 166 Å². The molecule has 1 aromatic heterocycles. The maximum Gasteiger partial charge on any atom is 0.229 e. The normalized spacial score (nSPS) is 15.4. The summed E-state index contributed by atoms with van der Waals surface area (Å²) in [6.07, 6.45) is 4.22. The van der Waals surface area contributed by atoms with Crippen molar-refractivity contribution in [1.82, 2.24) is 14.7 Å². The van der Waals surface area contributed by atoms with Crippen molar-refractivity contribution < 1.29 is 4.79 Å². The summed E-state index contributed by atoms with van der Waals surface area (Å²) in [7, 11) is 0. The number of nitrogens with zero attached hydrogens (tertiary/aromatic N) is 3. The van der Waals surface area contributed by atoms with Crippen LogP contribution in [0, 0.1) is 0 Å². The molecule has 0 radical (unpaired) electrons. The summed E-state index contributed by atoms with van der Waals surface area (Å²) >= 11 is 0. The second-order valence-electron chi connectivity index (χ2n) is 7.36. The van der Waals surface area contributed by atoms with Gasteiger partial charge in [0.1, 0.15) is 5.82 Å². The molecule has 1 aliphatic heterocycles. The molecule has 2 aromatic carbocycles. The number of anilines is 1. The van der Waals surface area contributed by atoms with Gasteiger partial charge in [0.05, 0.1) is 18.7 Å². The first-order chi connectivity index (χ1) is 13.8. The monoisotopic (exact) mass is 374 g/mol. The number of benzene rings is 2. The summed E-state index contributed by atoms with van der Waals surface area (Å²) in [5, 5.41) is 7.53. The van der Waals surface area contributed by atoms with Crippen LogP contribution in [0.25, 0.3) is 0 Å². The standard InChI is InChI=1S/C23H26N4O/c28-23(17-19-7-3-1-4-8-19)25-22-11-14-24-27(22)21-12-15-26(16-13-21)18-20-9-5-2-6-10-20/h1-11,14,21H,12-13,15-18H2,(H,25,28). The van der Waals surface area contributed by atoms with Crippen LogP contribution in [0.1, 0.15) is 30.0 Å². The molecule has 1 saturated heterocycles. The fourth-order valence-corrected chi connectivity index (χ4v) is 3.84. The molecule has 1 N–H and O–H groups in total. The number of aromatic nitrogens is 2. The van der Waals surface area contributed by atoms with Crippen molar-refractivity contribution in [1.29, 1.82) is 0 Å². The molecule has 144 valence electrons. The number of hydrogen-bond donors (Lipinski definition) is 1. The Morgan fingerprint density at radius 1 is 0.929 bits per heavy atom. The summed E-state index contributed by atoms with van der Waals surface area (Å²) < 4.78 is 1.99. The Morgan fingerprint density at radius 2 is 1.57 bits per heavy atom. The summed E-state index contributed by atoms with van der Waals surface area (Å²) in [6.45, 7) is 3.07. The largest absolute Gasteiger partial charge is 0.311 e. The lowest BCUT2D eigenvalue weighted by Crippen LogP contribution is -2.35. The molecule has 3 aromatic rings. The van der Waals surface area contributed by atoms with Crippen LogP contribution >= 0.6 is 0 Å². The van der Waals surface area contributed by atoms with Crippen LogP contribution in [-0.4, -0.2) is 33.7 Å². The smallest absolute Gasteiger partial charge is 0.229 e. The average Bonchev–Trinajstić information content (AvgIpc) is 3.18. The first-order valence-corrected chi connectivity index (χ1v) is 9.91. The molecule has 2 heterocycles. The molecule has 0 aliphatic carbocycles. The van der Waals surface area contributed by atoms with E-state index >= 15 is 0 Å². The Morgan fingerprint density at radius 3 is 2.25 bits per heavy atom. The predicted octanol–water partition coefficient (Wildman–Crippen LogP) is 3.90. The number of carbonyl (C=O) groups is 1. The molecule has 0 spiro atoms. The zero-order chi connectivity index (χ0) is 19.2. The van der Waals surface area contributed by atoms with Crippen molar-refractivity contribution >= 4 is 11.7 Å². The fourth-order valence-electron chi connectivity index (χ4n) is 3.84. The molecule has 5 nitrogen and oxygen atoms in total. The van der Waals surface area contributed by atoms with Crippen LogP contribution in [0.4, 0.5) is 5.82 Å². The average molecular weight is 374 g/mol. The summed E-state index contributed by atoms with van der Waals surface area (Å²) in [6, 6.07) is 22.6. The lowest BCUT2D eigenvalue weighted by molar-refractivity contribution is -0.115. The Hall–Kier alpha value is -2.92. The number of piperidine rings is 1. The zero-order valence-corrected chi connectivity index (χ0v) is 16.0. The van der Waals surface area contributed by atoms with Crippen molar-refractivity contribution in [3.8, 4) is 0 Å². The molecule has 1 fully saturated rings. The highest BCUT2D eigenvalue weighted by Gasteiger charge is 2.23. The van der Waals surface area contributed by atoms with Gasteiger partial charge >= 0.3 is 0 Å². The highest BCUT2D eigenvalue weighted by Crippen LogP contribution is 2.26. The van der Waals surface area contributed by atoms with E-state index in [0.29, 0.717) is 12.5 Å². The van der Waals surface area contributed by atoms with Gasteiger partial charge in [-0.05, 0) is 24.0 Å². The Balaban J connectivity index is 1.32. The lowest BCUT2D eigenvalue weighted by atomic mass is 10.0. The van der Waals surface area contributed by atoms with Crippen molar-refractivity contribution in [3.63, 3.8) is 0 Å². The summed E-state index contributed by atoms with van der Waals surface area (Å²) in [5.41, 5.74) is 2.37. The topological polar surface area (TPSA) is 50.2 Å². The third-order valence-electron chi connectivity index (χ3n) is 5.30. The van der Waals surface area contributed by atoms with E-state index in [1.807, 2.05) is 41.1 Å². The Bertz CT molecular complexity index is 883. The van der Waals surface area contributed by atoms with E-state index in [2.05, 4.69) is 45.6 Å². The minimum absolute atomic E-state index is 0.00513. The minimum Gasteiger partial charge on any atom is -0.311 e. The SMILES string of the molecule is O=C(Cc1ccccc1)Nc1ccnn1C1CCN(Cc2ccccc2)CC1. The number of hydrogen-bond acceptors (Lipinski definition) is 3. The Kier molecular flexibility index (Phi) is 5.83. The molecule has 0 unspecified atom stereocenters. The van der Waals surface area contributed by atoms with Crippen LogP contribution in [0.15, 0.2) is 72.9 Å². The van der Waals surface area contributed by atoms with E-state index in [4.69, 9.17) is 0 Å². The predicted molar refractivity (Wildman–Crippen MR) is 111 cm³/mol. The number of amides is 1. The zero-order valence-electron chi connectivity index (χ0n) is 16.0. The van der Waals surface area contributed by atoms with Gasteiger partial charge in [-0.2, -0.15) is 5.10 Å². The van der Waals surface area contributed by atoms with Gasteiger partial charge in [0.15, 0.2) is 0 Å². The fraction of sp³-hybridized carbons (Fsp3) is 0.304. The van der Waals surface area contributed by atoms with Crippen LogP contribution in [0.3, 0.4) is 0 Å². The maximum atomic E-state index is 12.4. The molecule has 0 bridgehead atoms. The third-order valence-corrected chi connectivity index (χ3v) is 5.30. The van der Waals surface area contributed by atoms with Crippen molar-refractivity contribution in [2.45, 2.75) is 31.8 Å². The quantitative estimate of drug-likeness (QED) is 0.712. The van der Waals surface area contributed by atoms with E-state index in [9.17, 15) is 4.79 Å². The van der Waals surface area contributed by atoms with Gasteiger partial charge in [-0.3, -0.25) is 9.69 Å². The van der Waals surface area contributed by atoms with Crippen molar-refractivity contribution in [2.24, 2.45) is 0 Å². The highest BCUT2D eigenvalue weighted by atomic mass is 16.1. The molecule has 0 saturated carbocycles. The summed E-state index contributed by atoms with van der Waals surface area (Å²) in [4.78, 5) is 14.9. The van der Waals surface area contributed by atoms with Crippen molar-refractivity contribution in [3.05, 3.63) is 84.1 Å². The van der Waals surface area contributed by atoms with Gasteiger partial charge in [-0.15, -0.1) is 0 Å². The first kappa shape index (κ1) is 18.4. The molecule has 28 heavy (non-hydrogen) atoms. The van der Waals surface area contributed by atoms with Gasteiger partial charge in [0.2, 0.25) is 5.91 Å². The van der Waals surface area contributed by atoms with E-state index in [1.54, 1.807) is 6.20 Å². The molecule has 4 rings (SSSR count). The van der Waals surface area contributed by atoms with Crippen LogP contribution < -0.4 is 5.32 Å². The number of likely N-dealkylation sites (tertiary alicyclic amines) is 1. The van der Waals surface area contributed by atoms with E-state index in [1.165, 1.54) is 5.56 Å². The second kappa shape index (κ2) is 8.85. The number of nitrogens with one attached hydrogen (secondary N) is 1. The number of carbonyl (C=O) groups excluding carboxylic acids is 1. The van der Waals surface area contributed by atoms with E-state index in [-0.39, 0.29) is 5.91 Å². The third kappa shape index (κ3) is 4.67.